The van der Waals surface area contributed by atoms with Crippen LogP contribution in [0.3, 0.4) is 0 Å². The van der Waals surface area contributed by atoms with Gasteiger partial charge in [0.2, 0.25) is 5.91 Å². The van der Waals surface area contributed by atoms with Crippen LogP contribution in [0.15, 0.2) is 18.5 Å². The standard InChI is InChI=1S/C12H17N3OS/c13-10-8-14-4-1-11(10)15-12(16)7-9-2-5-17-6-3-9/h1,4,8-9H,2-3,5-7,13H2,(H,14,15,16). The van der Waals surface area contributed by atoms with Crippen LogP contribution in [0.25, 0.3) is 0 Å². The van der Waals surface area contributed by atoms with E-state index in [-0.39, 0.29) is 5.91 Å². The number of nitrogens with two attached hydrogens (primary N) is 1. The van der Waals surface area contributed by atoms with Gasteiger partial charge >= 0.3 is 0 Å². The lowest BCUT2D eigenvalue weighted by Gasteiger charge is -2.20. The Kier molecular flexibility index (Phi) is 4.25. The van der Waals surface area contributed by atoms with Crippen molar-refractivity contribution in [1.29, 1.82) is 0 Å². The number of carbonyl (C=O) groups excluding carboxylic acids is 1. The van der Waals surface area contributed by atoms with Crippen molar-refractivity contribution in [3.05, 3.63) is 18.5 Å². The van der Waals surface area contributed by atoms with Crippen molar-refractivity contribution in [2.45, 2.75) is 19.3 Å². The van der Waals surface area contributed by atoms with Crippen molar-refractivity contribution in [2.24, 2.45) is 5.92 Å². The summed E-state index contributed by atoms with van der Waals surface area (Å²) >= 11 is 1.97. The van der Waals surface area contributed by atoms with Crippen LogP contribution in [0.2, 0.25) is 0 Å². The molecule has 1 aliphatic rings. The first-order chi connectivity index (χ1) is 8.25. The molecule has 4 nitrogen and oxygen atoms in total. The molecule has 1 saturated heterocycles. The molecule has 0 spiro atoms. The van der Waals surface area contributed by atoms with Crippen molar-refractivity contribution >= 4 is 29.0 Å². The maximum Gasteiger partial charge on any atom is 0.224 e. The third-order valence-corrected chi connectivity index (χ3v) is 3.99. The van der Waals surface area contributed by atoms with Crippen LogP contribution in [-0.4, -0.2) is 22.4 Å². The zero-order valence-corrected chi connectivity index (χ0v) is 10.5. The van der Waals surface area contributed by atoms with E-state index in [9.17, 15) is 4.79 Å². The lowest BCUT2D eigenvalue weighted by Crippen LogP contribution is -2.20. The first-order valence-electron chi connectivity index (χ1n) is 5.83. The highest BCUT2D eigenvalue weighted by molar-refractivity contribution is 7.99. The van der Waals surface area contributed by atoms with Crippen molar-refractivity contribution in [3.8, 4) is 0 Å². The van der Waals surface area contributed by atoms with Crippen LogP contribution in [0.4, 0.5) is 11.4 Å². The number of anilines is 2. The molecule has 2 rings (SSSR count). The summed E-state index contributed by atoms with van der Waals surface area (Å²) in [6, 6.07) is 1.73. The van der Waals surface area contributed by atoms with Gasteiger partial charge in [-0.1, -0.05) is 0 Å². The maximum atomic E-state index is 11.8. The molecule has 2 heterocycles. The summed E-state index contributed by atoms with van der Waals surface area (Å²) in [5.74, 6) is 2.93. The van der Waals surface area contributed by atoms with Gasteiger partial charge in [0.25, 0.3) is 0 Å². The highest BCUT2D eigenvalue weighted by atomic mass is 32.2. The third kappa shape index (κ3) is 3.63. The summed E-state index contributed by atoms with van der Waals surface area (Å²) in [4.78, 5) is 15.7. The molecule has 5 heteroatoms. The molecule has 0 saturated carbocycles. The van der Waals surface area contributed by atoms with E-state index >= 15 is 0 Å². The quantitative estimate of drug-likeness (QED) is 0.863. The van der Waals surface area contributed by atoms with Gasteiger partial charge in [0, 0.05) is 12.6 Å². The Labute approximate surface area is 105 Å². The highest BCUT2D eigenvalue weighted by Gasteiger charge is 2.17. The van der Waals surface area contributed by atoms with Crippen LogP contribution in [0.1, 0.15) is 19.3 Å². The fraction of sp³-hybridized carbons (Fsp3) is 0.500. The molecule has 1 aromatic rings. The summed E-state index contributed by atoms with van der Waals surface area (Å²) in [7, 11) is 0. The van der Waals surface area contributed by atoms with Crippen molar-refractivity contribution < 1.29 is 4.79 Å². The van der Waals surface area contributed by atoms with Gasteiger partial charge in [-0.3, -0.25) is 9.78 Å². The lowest BCUT2D eigenvalue weighted by molar-refractivity contribution is -0.117. The zero-order valence-electron chi connectivity index (χ0n) is 9.69. The van der Waals surface area contributed by atoms with Crippen LogP contribution in [0.5, 0.6) is 0 Å². The largest absolute Gasteiger partial charge is 0.396 e. The Morgan fingerprint density at radius 1 is 1.53 bits per heavy atom. The number of pyridine rings is 1. The summed E-state index contributed by atoms with van der Waals surface area (Å²) in [5, 5.41) is 2.85. The average molecular weight is 251 g/mol. The van der Waals surface area contributed by atoms with E-state index in [0.29, 0.717) is 23.7 Å². The van der Waals surface area contributed by atoms with E-state index in [1.54, 1.807) is 18.5 Å². The number of carbonyl (C=O) groups is 1. The highest BCUT2D eigenvalue weighted by Crippen LogP contribution is 2.26. The SMILES string of the molecule is Nc1cnccc1NC(=O)CC1CCSCC1. The van der Waals surface area contributed by atoms with E-state index in [1.165, 1.54) is 11.5 Å². The molecule has 0 atom stereocenters. The van der Waals surface area contributed by atoms with Crippen LogP contribution >= 0.6 is 11.8 Å². The fourth-order valence-electron chi connectivity index (χ4n) is 1.93. The van der Waals surface area contributed by atoms with E-state index in [1.807, 2.05) is 11.8 Å². The van der Waals surface area contributed by atoms with Gasteiger partial charge in [0.1, 0.15) is 0 Å². The summed E-state index contributed by atoms with van der Waals surface area (Å²) in [6.07, 6.45) is 6.06. The molecule has 17 heavy (non-hydrogen) atoms. The number of thioether (sulfide) groups is 1. The molecule has 92 valence electrons. The zero-order chi connectivity index (χ0) is 12.1. The fourth-order valence-corrected chi connectivity index (χ4v) is 3.14. The first-order valence-corrected chi connectivity index (χ1v) is 6.98. The monoisotopic (exact) mass is 251 g/mol. The molecule has 0 aliphatic carbocycles. The van der Waals surface area contributed by atoms with Gasteiger partial charge in [-0.15, -0.1) is 0 Å². The van der Waals surface area contributed by atoms with Crippen LogP contribution in [-0.2, 0) is 4.79 Å². The normalized spacial score (nSPS) is 16.7. The molecule has 3 N–H and O–H groups in total. The molecule has 1 fully saturated rings. The van der Waals surface area contributed by atoms with E-state index < -0.39 is 0 Å². The van der Waals surface area contributed by atoms with Crippen molar-refractivity contribution in [1.82, 2.24) is 4.98 Å². The number of hydrogen-bond donors (Lipinski definition) is 2. The Bertz CT molecular complexity index is 391. The number of rotatable bonds is 3. The molecule has 0 bridgehead atoms. The number of aromatic nitrogens is 1. The van der Waals surface area contributed by atoms with Gasteiger partial charge in [-0.2, -0.15) is 11.8 Å². The Hall–Kier alpha value is -1.23. The van der Waals surface area contributed by atoms with Gasteiger partial charge in [0.15, 0.2) is 0 Å². The Balaban J connectivity index is 1.86. The molecule has 1 amide bonds. The second-order valence-electron chi connectivity index (χ2n) is 4.27. The molecule has 0 radical (unpaired) electrons. The predicted molar refractivity (Wildman–Crippen MR) is 71.9 cm³/mol. The molecule has 1 aromatic heterocycles. The minimum Gasteiger partial charge on any atom is -0.396 e. The number of nitrogens with zero attached hydrogens (tertiary/aromatic N) is 1. The predicted octanol–water partition coefficient (Wildman–Crippen LogP) is 2.14. The molecule has 0 unspecified atom stereocenters. The smallest absolute Gasteiger partial charge is 0.224 e. The number of nitrogens with one attached hydrogen (secondary N) is 1. The van der Waals surface area contributed by atoms with E-state index in [0.717, 1.165) is 12.8 Å². The van der Waals surface area contributed by atoms with Crippen molar-refractivity contribution in [2.75, 3.05) is 22.6 Å². The van der Waals surface area contributed by atoms with Crippen LogP contribution < -0.4 is 11.1 Å². The Morgan fingerprint density at radius 2 is 2.29 bits per heavy atom. The number of nitrogen functional groups attached to an aromatic ring is 1. The second kappa shape index (κ2) is 5.91. The average Bonchev–Trinajstić information content (AvgIpc) is 2.33. The van der Waals surface area contributed by atoms with Crippen LogP contribution in [0, 0.1) is 5.92 Å². The van der Waals surface area contributed by atoms with E-state index in [2.05, 4.69) is 10.3 Å². The number of amides is 1. The minimum absolute atomic E-state index is 0.0554. The van der Waals surface area contributed by atoms with E-state index in [4.69, 9.17) is 5.73 Å². The summed E-state index contributed by atoms with van der Waals surface area (Å²) in [5.41, 5.74) is 6.90. The maximum absolute atomic E-state index is 11.8. The Morgan fingerprint density at radius 3 is 3.00 bits per heavy atom. The van der Waals surface area contributed by atoms with Gasteiger partial charge in [-0.05, 0) is 36.3 Å². The number of hydrogen-bond acceptors (Lipinski definition) is 4. The minimum atomic E-state index is 0.0554. The second-order valence-corrected chi connectivity index (χ2v) is 5.50. The lowest BCUT2D eigenvalue weighted by atomic mass is 9.98. The van der Waals surface area contributed by atoms with Gasteiger partial charge in [-0.25, -0.2) is 0 Å². The third-order valence-electron chi connectivity index (χ3n) is 2.94. The van der Waals surface area contributed by atoms with Gasteiger partial charge < -0.3 is 11.1 Å². The summed E-state index contributed by atoms with van der Waals surface area (Å²) < 4.78 is 0. The molecular formula is C12H17N3OS. The van der Waals surface area contributed by atoms with Gasteiger partial charge in [0.05, 0.1) is 17.6 Å². The molecular weight excluding hydrogens is 234 g/mol. The molecule has 0 aromatic carbocycles. The topological polar surface area (TPSA) is 68.0 Å². The van der Waals surface area contributed by atoms with Crippen molar-refractivity contribution in [3.63, 3.8) is 0 Å². The summed E-state index contributed by atoms with van der Waals surface area (Å²) in [6.45, 7) is 0. The molecule has 1 aliphatic heterocycles. The first kappa shape index (κ1) is 12.2.